The van der Waals surface area contributed by atoms with Crippen LogP contribution in [0.4, 0.5) is 0 Å². The molecular formula is C37H32N2. The fourth-order valence-electron chi connectivity index (χ4n) is 6.78. The maximum absolute atomic E-state index is 5.38. The van der Waals surface area contributed by atoms with Gasteiger partial charge in [0.25, 0.3) is 0 Å². The van der Waals surface area contributed by atoms with Crippen LogP contribution in [0.25, 0.3) is 39.0 Å². The Morgan fingerprint density at radius 1 is 0.615 bits per heavy atom. The first kappa shape index (κ1) is 23.7. The molecule has 0 bridgehead atoms. The number of rotatable bonds is 2. The molecule has 0 unspecified atom stereocenters. The molecule has 2 aliphatic rings. The van der Waals surface area contributed by atoms with E-state index in [9.17, 15) is 0 Å². The quantitative estimate of drug-likeness (QED) is 0.229. The molecule has 0 fully saturated rings. The van der Waals surface area contributed by atoms with Crippen molar-refractivity contribution in [1.82, 2.24) is 9.55 Å². The van der Waals surface area contributed by atoms with Crippen molar-refractivity contribution in [2.24, 2.45) is 0 Å². The summed E-state index contributed by atoms with van der Waals surface area (Å²) in [6.45, 7) is 8.52. The molecule has 39 heavy (non-hydrogen) atoms. The highest BCUT2D eigenvalue weighted by molar-refractivity contribution is 5.94. The van der Waals surface area contributed by atoms with Crippen LogP contribution in [0, 0.1) is 0 Å². The van der Waals surface area contributed by atoms with Crippen molar-refractivity contribution in [3.8, 4) is 27.9 Å². The summed E-state index contributed by atoms with van der Waals surface area (Å²) in [6.07, 6.45) is 0. The van der Waals surface area contributed by atoms with E-state index in [1.165, 1.54) is 50.2 Å². The molecule has 5 aromatic carbocycles. The number of fused-ring (bicyclic) bond motifs is 12. The summed E-state index contributed by atoms with van der Waals surface area (Å²) >= 11 is 0. The molecule has 6 aromatic rings. The van der Waals surface area contributed by atoms with E-state index in [4.69, 9.17) is 4.98 Å². The molecule has 0 N–H and O–H groups in total. The maximum Gasteiger partial charge on any atom is 0.134 e. The minimum absolute atomic E-state index is 0.451. The first-order chi connectivity index (χ1) is 19.2. The Balaban J connectivity index is 0.00000124. The highest BCUT2D eigenvalue weighted by Gasteiger charge is 2.54. The molecule has 1 aliphatic heterocycles. The van der Waals surface area contributed by atoms with Gasteiger partial charge in [0.15, 0.2) is 0 Å². The van der Waals surface area contributed by atoms with E-state index < -0.39 is 5.41 Å². The Morgan fingerprint density at radius 2 is 1.21 bits per heavy atom. The van der Waals surface area contributed by atoms with Crippen molar-refractivity contribution >= 4 is 11.0 Å². The monoisotopic (exact) mass is 504 g/mol. The van der Waals surface area contributed by atoms with Gasteiger partial charge in [0.05, 0.1) is 16.7 Å². The van der Waals surface area contributed by atoms with Crippen LogP contribution in [0.15, 0.2) is 115 Å². The van der Waals surface area contributed by atoms with Gasteiger partial charge < -0.3 is 0 Å². The standard InChI is InChI=1S/C35H26N2.C2H6/c1-22(2)23-11-9-12-24(21-23)25-15-10-18-30-33(25)37-32-20-8-7-19-31(32)36-34(37)35(30)28-16-5-3-13-26(28)27-14-4-6-17-29(27)35;1-2/h3-22H,1-2H3;1-2H3. The van der Waals surface area contributed by atoms with Gasteiger partial charge in [-0.1, -0.05) is 131 Å². The minimum atomic E-state index is -0.451. The first-order valence-corrected chi connectivity index (χ1v) is 14.1. The lowest BCUT2D eigenvalue weighted by Crippen LogP contribution is -2.27. The summed E-state index contributed by atoms with van der Waals surface area (Å²) < 4.78 is 2.45. The molecule has 2 nitrogen and oxygen atoms in total. The summed E-state index contributed by atoms with van der Waals surface area (Å²) in [5, 5.41) is 0. The zero-order valence-electron chi connectivity index (χ0n) is 22.9. The van der Waals surface area contributed by atoms with Crippen LogP contribution in [0.5, 0.6) is 0 Å². The van der Waals surface area contributed by atoms with Crippen molar-refractivity contribution in [1.29, 1.82) is 0 Å². The average molecular weight is 505 g/mol. The Hall–Kier alpha value is -4.43. The fourth-order valence-corrected chi connectivity index (χ4v) is 6.78. The Morgan fingerprint density at radius 3 is 1.92 bits per heavy atom. The highest BCUT2D eigenvalue weighted by atomic mass is 15.1. The second-order valence-electron chi connectivity index (χ2n) is 10.6. The zero-order valence-corrected chi connectivity index (χ0v) is 22.9. The lowest BCUT2D eigenvalue weighted by Gasteiger charge is -2.27. The second kappa shape index (κ2) is 8.81. The van der Waals surface area contributed by atoms with Crippen molar-refractivity contribution in [3.63, 3.8) is 0 Å². The molecule has 0 amide bonds. The van der Waals surface area contributed by atoms with Crippen LogP contribution in [0.2, 0.25) is 0 Å². The molecule has 190 valence electrons. The predicted octanol–water partition coefficient (Wildman–Crippen LogP) is 9.52. The normalized spacial score (nSPS) is 13.6. The van der Waals surface area contributed by atoms with Gasteiger partial charge >= 0.3 is 0 Å². The van der Waals surface area contributed by atoms with Crippen LogP contribution >= 0.6 is 0 Å². The summed E-state index contributed by atoms with van der Waals surface area (Å²) in [4.78, 5) is 5.38. The third-order valence-electron chi connectivity index (χ3n) is 8.38. The van der Waals surface area contributed by atoms with E-state index >= 15 is 0 Å². The third-order valence-corrected chi connectivity index (χ3v) is 8.38. The van der Waals surface area contributed by atoms with E-state index in [2.05, 4.69) is 134 Å². The predicted molar refractivity (Wildman–Crippen MR) is 163 cm³/mol. The van der Waals surface area contributed by atoms with Crippen LogP contribution in [-0.2, 0) is 5.41 Å². The Kier molecular flexibility index (Phi) is 5.35. The van der Waals surface area contributed by atoms with Gasteiger partial charge in [-0.25, -0.2) is 4.98 Å². The molecule has 2 heteroatoms. The molecule has 0 radical (unpaired) electrons. The number of aromatic nitrogens is 2. The topological polar surface area (TPSA) is 17.8 Å². The second-order valence-corrected chi connectivity index (χ2v) is 10.6. The molecular weight excluding hydrogens is 472 g/mol. The summed E-state index contributed by atoms with van der Waals surface area (Å²) in [7, 11) is 0. The first-order valence-electron chi connectivity index (χ1n) is 14.1. The van der Waals surface area contributed by atoms with Gasteiger partial charge in [0.2, 0.25) is 0 Å². The van der Waals surface area contributed by atoms with Crippen LogP contribution < -0.4 is 0 Å². The van der Waals surface area contributed by atoms with Crippen LogP contribution in [0.1, 0.15) is 61.7 Å². The van der Waals surface area contributed by atoms with Gasteiger partial charge in [-0.2, -0.15) is 0 Å². The van der Waals surface area contributed by atoms with Gasteiger partial charge in [-0.15, -0.1) is 0 Å². The van der Waals surface area contributed by atoms with E-state index in [0.717, 1.165) is 16.9 Å². The van der Waals surface area contributed by atoms with Gasteiger partial charge in [-0.05, 0) is 57.0 Å². The van der Waals surface area contributed by atoms with Crippen LogP contribution in [0.3, 0.4) is 0 Å². The van der Waals surface area contributed by atoms with E-state index in [0.29, 0.717) is 5.92 Å². The van der Waals surface area contributed by atoms with Crippen LogP contribution in [-0.4, -0.2) is 9.55 Å². The summed E-state index contributed by atoms with van der Waals surface area (Å²) in [5.41, 5.74) is 13.4. The lowest BCUT2D eigenvalue weighted by atomic mass is 9.72. The van der Waals surface area contributed by atoms with Crippen molar-refractivity contribution < 1.29 is 0 Å². The zero-order chi connectivity index (χ0) is 26.7. The molecule has 0 atom stereocenters. The van der Waals surface area contributed by atoms with Crippen molar-refractivity contribution in [3.05, 3.63) is 143 Å². The SMILES string of the molecule is CC.CC(C)c1cccc(-c2cccc3c2-n2c(nc4ccccc42)C32c3ccccc3-c3ccccc32)c1. The molecule has 0 saturated carbocycles. The number of hydrogen-bond donors (Lipinski definition) is 0. The minimum Gasteiger partial charge on any atom is -0.294 e. The van der Waals surface area contributed by atoms with Gasteiger partial charge in [-0.3, -0.25) is 4.57 Å². The lowest BCUT2D eigenvalue weighted by molar-refractivity contribution is 0.738. The summed E-state index contributed by atoms with van der Waals surface area (Å²) in [5.74, 6) is 1.56. The smallest absolute Gasteiger partial charge is 0.134 e. The molecule has 2 heterocycles. The number of nitrogens with zero attached hydrogens (tertiary/aromatic N) is 2. The third kappa shape index (κ3) is 3.06. The number of hydrogen-bond acceptors (Lipinski definition) is 1. The van der Waals surface area contributed by atoms with E-state index in [1.54, 1.807) is 0 Å². The molecule has 8 rings (SSSR count). The fraction of sp³-hybridized carbons (Fsp3) is 0.162. The summed E-state index contributed by atoms with van der Waals surface area (Å²) in [6, 6.07) is 42.3. The van der Waals surface area contributed by atoms with E-state index in [-0.39, 0.29) is 0 Å². The molecule has 1 spiro atoms. The largest absolute Gasteiger partial charge is 0.294 e. The van der Waals surface area contributed by atoms with Gasteiger partial charge in [0, 0.05) is 5.56 Å². The molecule has 1 aromatic heterocycles. The Bertz CT molecular complexity index is 1830. The average Bonchev–Trinajstić information content (AvgIpc) is 3.62. The van der Waals surface area contributed by atoms with E-state index in [1.807, 2.05) is 13.8 Å². The maximum atomic E-state index is 5.38. The van der Waals surface area contributed by atoms with Crippen molar-refractivity contribution in [2.45, 2.75) is 39.0 Å². The van der Waals surface area contributed by atoms with Crippen molar-refractivity contribution in [2.75, 3.05) is 0 Å². The number of benzene rings is 5. The Labute approximate surface area is 230 Å². The number of para-hydroxylation sites is 3. The molecule has 0 saturated heterocycles. The number of imidazole rings is 1. The molecule has 1 aliphatic carbocycles. The highest BCUT2D eigenvalue weighted by Crippen LogP contribution is 2.61. The van der Waals surface area contributed by atoms with Gasteiger partial charge in [0.1, 0.15) is 11.2 Å².